The number of halogens is 1. The van der Waals surface area contributed by atoms with Crippen LogP contribution in [0, 0.1) is 19.7 Å². The number of carbonyl (C=O) groups excluding carboxylic acids is 1. The van der Waals surface area contributed by atoms with Gasteiger partial charge < -0.3 is 24.7 Å². The first-order chi connectivity index (χ1) is 16.9. The molecule has 4 rings (SSSR count). The van der Waals surface area contributed by atoms with Crippen molar-refractivity contribution in [3.8, 4) is 16.2 Å². The van der Waals surface area contributed by atoms with E-state index >= 15 is 0 Å². The predicted molar refractivity (Wildman–Crippen MR) is 140 cm³/mol. The summed E-state index contributed by atoms with van der Waals surface area (Å²) in [5.41, 5.74) is 1.88. The van der Waals surface area contributed by atoms with Crippen LogP contribution in [-0.2, 0) is 19.3 Å². The van der Waals surface area contributed by atoms with Gasteiger partial charge in [0.2, 0.25) is 0 Å². The van der Waals surface area contributed by atoms with Crippen molar-refractivity contribution in [2.45, 2.75) is 46.8 Å². The topological polar surface area (TPSA) is 96.3 Å². The normalized spacial score (nSPS) is 11.8. The molecule has 3 heterocycles. The third kappa shape index (κ3) is 4.81. The van der Waals surface area contributed by atoms with E-state index in [0.29, 0.717) is 44.1 Å². The fourth-order valence-corrected chi connectivity index (χ4v) is 5.27. The van der Waals surface area contributed by atoms with E-state index in [9.17, 15) is 19.1 Å². The van der Waals surface area contributed by atoms with Gasteiger partial charge in [-0.2, -0.15) is 0 Å². The summed E-state index contributed by atoms with van der Waals surface area (Å²) in [4.78, 5) is 29.6. The number of carbonyl (C=O) groups is 1. The average Bonchev–Trinajstić information content (AvgIpc) is 3.41. The largest absolute Gasteiger partial charge is 0.487 e. The van der Waals surface area contributed by atoms with E-state index in [1.165, 1.54) is 22.0 Å². The van der Waals surface area contributed by atoms with Crippen molar-refractivity contribution < 1.29 is 19.0 Å². The van der Waals surface area contributed by atoms with Crippen molar-refractivity contribution in [3.05, 3.63) is 73.9 Å². The average molecular weight is 512 g/mol. The number of nitrogens with zero attached hydrogens (tertiary/aromatic N) is 1. The van der Waals surface area contributed by atoms with Gasteiger partial charge in [0.1, 0.15) is 29.4 Å². The summed E-state index contributed by atoms with van der Waals surface area (Å²) in [5, 5.41) is 14.0. The molecule has 190 valence electrons. The molecule has 4 aromatic rings. The van der Waals surface area contributed by atoms with Crippen molar-refractivity contribution in [3.63, 3.8) is 0 Å². The van der Waals surface area contributed by atoms with Crippen molar-refractivity contribution in [2.75, 3.05) is 6.54 Å². The highest BCUT2D eigenvalue weighted by molar-refractivity contribution is 7.16. The summed E-state index contributed by atoms with van der Waals surface area (Å²) in [5.74, 6) is -0.197. The summed E-state index contributed by atoms with van der Waals surface area (Å²) in [6.07, 6.45) is 1.69. The zero-order valence-corrected chi connectivity index (χ0v) is 22.0. The molecule has 3 N–H and O–H groups in total. The number of amides is 1. The van der Waals surface area contributed by atoms with Crippen LogP contribution in [0.15, 0.2) is 35.3 Å². The zero-order chi connectivity index (χ0) is 26.4. The summed E-state index contributed by atoms with van der Waals surface area (Å²) in [7, 11) is 1.63. The van der Waals surface area contributed by atoms with Crippen molar-refractivity contribution in [2.24, 2.45) is 7.05 Å². The number of pyridine rings is 1. The minimum Gasteiger partial charge on any atom is -0.487 e. The Bertz CT molecular complexity index is 1500. The number of benzene rings is 1. The first kappa shape index (κ1) is 25.7. The first-order valence-electron chi connectivity index (χ1n) is 11.7. The maximum atomic E-state index is 14.7. The van der Waals surface area contributed by atoms with Crippen LogP contribution < -0.4 is 15.6 Å². The lowest BCUT2D eigenvalue weighted by Gasteiger charge is -2.14. The fraction of sp³-hybridized carbons (Fsp3) is 0.333. The zero-order valence-electron chi connectivity index (χ0n) is 21.2. The number of fused-ring (bicyclic) bond motifs is 1. The van der Waals surface area contributed by atoms with Gasteiger partial charge >= 0.3 is 0 Å². The van der Waals surface area contributed by atoms with Crippen LogP contribution >= 0.6 is 11.3 Å². The van der Waals surface area contributed by atoms with Crippen LogP contribution in [0.2, 0.25) is 0 Å². The van der Waals surface area contributed by atoms with Crippen molar-refractivity contribution >= 4 is 28.1 Å². The monoisotopic (exact) mass is 511 g/mol. The predicted octanol–water partition coefficient (Wildman–Crippen LogP) is 4.91. The molecule has 0 saturated carbocycles. The van der Waals surface area contributed by atoms with E-state index in [-0.39, 0.29) is 29.6 Å². The van der Waals surface area contributed by atoms with Crippen molar-refractivity contribution in [1.29, 1.82) is 0 Å². The number of aromatic nitrogens is 2. The second-order valence-corrected chi connectivity index (χ2v) is 10.5. The van der Waals surface area contributed by atoms with Gasteiger partial charge in [-0.1, -0.05) is 6.07 Å². The Balaban J connectivity index is 1.87. The summed E-state index contributed by atoms with van der Waals surface area (Å²) in [6, 6.07) is 6.77. The minimum atomic E-state index is -1.14. The molecule has 3 aromatic heterocycles. The Kier molecular flexibility index (Phi) is 6.81. The SMILES string of the molecule is CCNC(=O)c1cc2c(-c3sc(C(C)(C)O)cc3OCc3c(C)cc(C)cc3F)cn(C)c(=O)c2[nH]1. The number of hydrogen-bond acceptors (Lipinski definition) is 5. The van der Waals surface area contributed by atoms with E-state index in [2.05, 4.69) is 10.3 Å². The van der Waals surface area contributed by atoms with Gasteiger partial charge in [0, 0.05) is 41.2 Å². The summed E-state index contributed by atoms with van der Waals surface area (Å²) in [6.45, 7) is 9.29. The number of nitrogens with one attached hydrogen (secondary N) is 2. The number of thiophene rings is 1. The third-order valence-corrected chi connectivity index (χ3v) is 7.49. The molecular weight excluding hydrogens is 481 g/mol. The molecule has 0 aliphatic rings. The number of ether oxygens (including phenoxy) is 1. The summed E-state index contributed by atoms with van der Waals surface area (Å²) < 4.78 is 22.3. The molecule has 0 aliphatic carbocycles. The lowest BCUT2D eigenvalue weighted by Crippen LogP contribution is -2.23. The molecule has 0 bridgehead atoms. The van der Waals surface area contributed by atoms with Crippen molar-refractivity contribution in [1.82, 2.24) is 14.9 Å². The number of aromatic amines is 1. The molecule has 0 radical (unpaired) electrons. The fourth-order valence-electron chi connectivity index (χ4n) is 4.14. The van der Waals surface area contributed by atoms with Gasteiger partial charge in [-0.3, -0.25) is 9.59 Å². The molecule has 36 heavy (non-hydrogen) atoms. The molecule has 0 unspecified atom stereocenters. The van der Waals surface area contributed by atoms with E-state index < -0.39 is 5.60 Å². The first-order valence-corrected chi connectivity index (χ1v) is 12.5. The van der Waals surface area contributed by atoms with Crippen LogP contribution in [-0.4, -0.2) is 27.1 Å². The quantitative estimate of drug-likeness (QED) is 0.329. The Morgan fingerprint density at radius 3 is 2.61 bits per heavy atom. The van der Waals surface area contributed by atoms with Gasteiger partial charge in [0.05, 0.1) is 10.5 Å². The molecule has 0 aliphatic heterocycles. The number of H-pyrrole nitrogens is 1. The number of aliphatic hydroxyl groups is 1. The molecule has 9 heteroatoms. The number of hydrogen-bond donors (Lipinski definition) is 3. The maximum Gasteiger partial charge on any atom is 0.274 e. The van der Waals surface area contributed by atoms with E-state index in [1.54, 1.807) is 39.2 Å². The van der Waals surface area contributed by atoms with Crippen LogP contribution in [0.3, 0.4) is 0 Å². The van der Waals surface area contributed by atoms with Crippen LogP contribution in [0.1, 0.15) is 52.8 Å². The second-order valence-electron chi connectivity index (χ2n) is 9.48. The lowest BCUT2D eigenvalue weighted by atomic mass is 10.1. The van der Waals surface area contributed by atoms with Gasteiger partial charge in [0.25, 0.3) is 11.5 Å². The Morgan fingerprint density at radius 1 is 1.25 bits per heavy atom. The van der Waals surface area contributed by atoms with Gasteiger partial charge in [-0.15, -0.1) is 11.3 Å². The summed E-state index contributed by atoms with van der Waals surface area (Å²) >= 11 is 1.32. The number of rotatable bonds is 7. The molecule has 1 aromatic carbocycles. The highest BCUT2D eigenvalue weighted by Crippen LogP contribution is 2.44. The Morgan fingerprint density at radius 2 is 1.97 bits per heavy atom. The molecule has 0 spiro atoms. The van der Waals surface area contributed by atoms with E-state index in [4.69, 9.17) is 4.74 Å². The lowest BCUT2D eigenvalue weighted by molar-refractivity contribution is 0.0823. The standard InChI is InChI=1S/C27H30FN3O4S/c1-7-29-25(32)20-10-16-17(12-31(6)26(33)23(16)30-20)24-21(11-22(36-24)27(4,5)34)35-13-18-15(3)8-14(2)9-19(18)28/h8-12,30,34H,7,13H2,1-6H3,(H,29,32). The smallest absolute Gasteiger partial charge is 0.274 e. The number of aryl methyl sites for hydroxylation is 3. The molecule has 0 saturated heterocycles. The van der Waals surface area contributed by atoms with Crippen LogP contribution in [0.5, 0.6) is 5.75 Å². The highest BCUT2D eigenvalue weighted by Gasteiger charge is 2.26. The van der Waals surface area contributed by atoms with Crippen LogP contribution in [0.25, 0.3) is 21.3 Å². The highest BCUT2D eigenvalue weighted by atomic mass is 32.1. The Labute approximate surface area is 212 Å². The van der Waals surface area contributed by atoms with Crippen LogP contribution in [0.4, 0.5) is 4.39 Å². The van der Waals surface area contributed by atoms with Gasteiger partial charge in [0.15, 0.2) is 0 Å². The molecule has 1 amide bonds. The molecule has 0 fully saturated rings. The van der Waals surface area contributed by atoms with Gasteiger partial charge in [-0.05, 0) is 63.9 Å². The van der Waals surface area contributed by atoms with Gasteiger partial charge in [-0.25, -0.2) is 4.39 Å². The van der Waals surface area contributed by atoms with E-state index in [1.807, 2.05) is 26.8 Å². The van der Waals surface area contributed by atoms with E-state index in [0.717, 1.165) is 11.1 Å². The Hall–Kier alpha value is -3.43. The molecular formula is C27H30FN3O4S. The third-order valence-electron chi connectivity index (χ3n) is 6.03. The maximum absolute atomic E-state index is 14.7. The second kappa shape index (κ2) is 9.55. The molecule has 7 nitrogen and oxygen atoms in total. The molecule has 0 atom stereocenters. The minimum absolute atomic E-state index is 0.000817.